The van der Waals surface area contributed by atoms with Crippen LogP contribution in [0.15, 0.2) is 0 Å². The van der Waals surface area contributed by atoms with Crippen molar-refractivity contribution in [1.29, 1.82) is 0 Å². The van der Waals surface area contributed by atoms with Gasteiger partial charge in [0.1, 0.15) is 0 Å². The van der Waals surface area contributed by atoms with E-state index >= 15 is 0 Å². The Balaban J connectivity index is 4.15. The molecule has 0 fully saturated rings. The molecular weight excluding hydrogens is 190 g/mol. The summed E-state index contributed by atoms with van der Waals surface area (Å²) in [6.45, 7) is 6.22. The highest BCUT2D eigenvalue weighted by Crippen LogP contribution is 2.08. The van der Waals surface area contributed by atoms with Gasteiger partial charge in [0.15, 0.2) is 0 Å². The van der Waals surface area contributed by atoms with Crippen molar-refractivity contribution in [2.24, 2.45) is 11.7 Å². The summed E-state index contributed by atoms with van der Waals surface area (Å²) in [7, 11) is 6.11. The zero-order valence-electron chi connectivity index (χ0n) is 10.8. The number of nitrogens with zero attached hydrogens (tertiary/aromatic N) is 2. The summed E-state index contributed by atoms with van der Waals surface area (Å²) in [5.41, 5.74) is 6.06. The monoisotopic (exact) mass is 217 g/mol. The molecule has 0 radical (unpaired) electrons. The van der Waals surface area contributed by atoms with Gasteiger partial charge in [-0.25, -0.2) is 0 Å². The highest BCUT2D eigenvalue weighted by atomic mass is 16.3. The maximum absolute atomic E-state index is 9.35. The fraction of sp³-hybridized carbons (Fsp3) is 1.00. The third kappa shape index (κ3) is 5.47. The Morgan fingerprint density at radius 1 is 1.13 bits per heavy atom. The van der Waals surface area contributed by atoms with E-state index in [4.69, 9.17) is 5.73 Å². The number of rotatable bonds is 7. The van der Waals surface area contributed by atoms with Crippen molar-refractivity contribution in [3.05, 3.63) is 0 Å². The van der Waals surface area contributed by atoms with Crippen LogP contribution in [0.2, 0.25) is 0 Å². The van der Waals surface area contributed by atoms with E-state index in [-0.39, 0.29) is 18.7 Å². The zero-order chi connectivity index (χ0) is 12.0. The molecule has 3 N–H and O–H groups in total. The zero-order valence-corrected chi connectivity index (χ0v) is 10.8. The molecule has 0 amide bonds. The highest BCUT2D eigenvalue weighted by molar-refractivity contribution is 4.82. The molecule has 15 heavy (non-hydrogen) atoms. The second-order valence-electron chi connectivity index (χ2n) is 4.86. The third-order valence-corrected chi connectivity index (χ3v) is 2.87. The molecular formula is C11H27N3O. The van der Waals surface area contributed by atoms with Gasteiger partial charge in [0.25, 0.3) is 0 Å². The fourth-order valence-electron chi connectivity index (χ4n) is 1.52. The first kappa shape index (κ1) is 14.8. The minimum atomic E-state index is 0.0298. The van der Waals surface area contributed by atoms with Gasteiger partial charge in [-0.3, -0.25) is 4.90 Å². The van der Waals surface area contributed by atoms with E-state index in [2.05, 4.69) is 23.6 Å². The van der Waals surface area contributed by atoms with Gasteiger partial charge in [0.05, 0.1) is 6.61 Å². The van der Waals surface area contributed by atoms with Gasteiger partial charge in [-0.1, -0.05) is 13.8 Å². The van der Waals surface area contributed by atoms with Crippen LogP contribution in [0.3, 0.4) is 0 Å². The summed E-state index contributed by atoms with van der Waals surface area (Å²) in [4.78, 5) is 4.27. The van der Waals surface area contributed by atoms with Gasteiger partial charge in [0.2, 0.25) is 0 Å². The van der Waals surface area contributed by atoms with E-state index in [0.717, 1.165) is 13.1 Å². The van der Waals surface area contributed by atoms with Crippen molar-refractivity contribution in [2.75, 3.05) is 40.8 Å². The molecule has 0 heterocycles. The van der Waals surface area contributed by atoms with E-state index in [1.807, 2.05) is 21.1 Å². The Hall–Kier alpha value is -0.160. The summed E-state index contributed by atoms with van der Waals surface area (Å²) in [6.07, 6.45) is 0. The van der Waals surface area contributed by atoms with Gasteiger partial charge in [0, 0.05) is 25.2 Å². The van der Waals surface area contributed by atoms with E-state index in [1.165, 1.54) is 0 Å². The normalized spacial score (nSPS) is 16.4. The molecule has 0 aliphatic heterocycles. The SMILES string of the molecule is CC(C)C(N)C(CO)N(C)CCN(C)C. The smallest absolute Gasteiger partial charge is 0.0601 e. The summed E-state index contributed by atoms with van der Waals surface area (Å²) in [5.74, 6) is 0.393. The number of hydrogen-bond donors (Lipinski definition) is 2. The Bertz CT molecular complexity index is 162. The lowest BCUT2D eigenvalue weighted by atomic mass is 9.97. The van der Waals surface area contributed by atoms with Gasteiger partial charge in [-0.15, -0.1) is 0 Å². The minimum absolute atomic E-state index is 0.0298. The molecule has 0 saturated carbocycles. The molecule has 92 valence electrons. The maximum atomic E-state index is 9.35. The summed E-state index contributed by atoms with van der Waals surface area (Å²) < 4.78 is 0. The molecule has 0 saturated heterocycles. The molecule has 0 bridgehead atoms. The van der Waals surface area contributed by atoms with Crippen LogP contribution in [-0.2, 0) is 0 Å². The molecule has 2 unspecified atom stereocenters. The molecule has 0 aromatic heterocycles. The van der Waals surface area contributed by atoms with Gasteiger partial charge in [-0.2, -0.15) is 0 Å². The molecule has 0 aliphatic carbocycles. The minimum Gasteiger partial charge on any atom is -0.395 e. The second kappa shape index (κ2) is 7.17. The van der Waals surface area contributed by atoms with Crippen molar-refractivity contribution in [2.45, 2.75) is 25.9 Å². The van der Waals surface area contributed by atoms with E-state index in [1.54, 1.807) is 0 Å². The topological polar surface area (TPSA) is 52.7 Å². The molecule has 4 nitrogen and oxygen atoms in total. The lowest BCUT2D eigenvalue weighted by Crippen LogP contribution is -2.52. The largest absolute Gasteiger partial charge is 0.395 e. The molecule has 0 rings (SSSR count). The average molecular weight is 217 g/mol. The Labute approximate surface area is 94.0 Å². The molecule has 0 spiro atoms. The van der Waals surface area contributed by atoms with Crippen molar-refractivity contribution >= 4 is 0 Å². The van der Waals surface area contributed by atoms with Crippen LogP contribution < -0.4 is 5.73 Å². The second-order valence-corrected chi connectivity index (χ2v) is 4.86. The van der Waals surface area contributed by atoms with Crippen molar-refractivity contribution in [3.8, 4) is 0 Å². The van der Waals surface area contributed by atoms with Crippen LogP contribution in [0.25, 0.3) is 0 Å². The third-order valence-electron chi connectivity index (χ3n) is 2.87. The van der Waals surface area contributed by atoms with E-state index < -0.39 is 0 Å². The Morgan fingerprint density at radius 3 is 2.00 bits per heavy atom. The van der Waals surface area contributed by atoms with Crippen LogP contribution in [0, 0.1) is 5.92 Å². The van der Waals surface area contributed by atoms with Crippen LogP contribution in [-0.4, -0.2) is 67.8 Å². The van der Waals surface area contributed by atoms with Crippen LogP contribution >= 0.6 is 0 Å². The van der Waals surface area contributed by atoms with Gasteiger partial charge < -0.3 is 15.7 Å². The Kier molecular flexibility index (Phi) is 7.09. The molecule has 0 aromatic rings. The molecule has 0 aliphatic rings. The standard InChI is InChI=1S/C11H27N3O/c1-9(2)11(12)10(8-15)14(5)7-6-13(3)4/h9-11,15H,6-8,12H2,1-5H3. The summed E-state index contributed by atoms with van der Waals surface area (Å²) in [5, 5.41) is 9.35. The molecule has 4 heteroatoms. The Morgan fingerprint density at radius 2 is 1.67 bits per heavy atom. The fourth-order valence-corrected chi connectivity index (χ4v) is 1.52. The van der Waals surface area contributed by atoms with Crippen LogP contribution in [0.5, 0.6) is 0 Å². The number of hydrogen-bond acceptors (Lipinski definition) is 4. The van der Waals surface area contributed by atoms with E-state index in [9.17, 15) is 5.11 Å². The quantitative estimate of drug-likeness (QED) is 0.621. The van der Waals surface area contributed by atoms with Gasteiger partial charge in [-0.05, 0) is 27.1 Å². The molecule has 0 aromatic carbocycles. The lowest BCUT2D eigenvalue weighted by molar-refractivity contribution is 0.107. The maximum Gasteiger partial charge on any atom is 0.0601 e. The average Bonchev–Trinajstić information content (AvgIpc) is 2.15. The highest BCUT2D eigenvalue weighted by Gasteiger charge is 2.23. The van der Waals surface area contributed by atoms with Crippen LogP contribution in [0.4, 0.5) is 0 Å². The predicted molar refractivity (Wildman–Crippen MR) is 64.9 cm³/mol. The number of aliphatic hydroxyl groups is 1. The number of likely N-dealkylation sites (N-methyl/N-ethyl adjacent to an activating group) is 2. The van der Waals surface area contributed by atoms with Gasteiger partial charge >= 0.3 is 0 Å². The lowest BCUT2D eigenvalue weighted by Gasteiger charge is -2.33. The first-order chi connectivity index (χ1) is 6.90. The number of nitrogens with two attached hydrogens (primary N) is 1. The van der Waals surface area contributed by atoms with Crippen LogP contribution in [0.1, 0.15) is 13.8 Å². The van der Waals surface area contributed by atoms with Crippen molar-refractivity contribution < 1.29 is 5.11 Å². The predicted octanol–water partition coefficient (Wildman–Crippen LogP) is -0.176. The summed E-state index contributed by atoms with van der Waals surface area (Å²) >= 11 is 0. The molecule has 2 atom stereocenters. The van der Waals surface area contributed by atoms with Crippen molar-refractivity contribution in [3.63, 3.8) is 0 Å². The number of aliphatic hydroxyl groups excluding tert-OH is 1. The first-order valence-electron chi connectivity index (χ1n) is 5.61. The van der Waals surface area contributed by atoms with Crippen molar-refractivity contribution in [1.82, 2.24) is 9.80 Å². The summed E-state index contributed by atoms with van der Waals surface area (Å²) in [6, 6.07) is 0.0899. The van der Waals surface area contributed by atoms with E-state index in [0.29, 0.717) is 5.92 Å². The first-order valence-corrected chi connectivity index (χ1v) is 5.61.